The molecule has 1 heterocycles. The van der Waals surface area contributed by atoms with Crippen LogP contribution in [0.25, 0.3) is 0 Å². The minimum atomic E-state index is -0.344. The molecule has 0 fully saturated rings. The number of anilines is 1. The molecule has 8 heteroatoms. The van der Waals surface area contributed by atoms with E-state index in [9.17, 15) is 4.79 Å². The zero-order valence-corrected chi connectivity index (χ0v) is 15.7. The Balaban J connectivity index is 1.94. The Labute approximate surface area is 153 Å². The molecule has 0 aliphatic carbocycles. The second kappa shape index (κ2) is 8.87. The zero-order valence-electron chi connectivity index (χ0n) is 13.3. The molecule has 1 aromatic heterocycles. The van der Waals surface area contributed by atoms with E-state index in [0.29, 0.717) is 11.3 Å². The number of carbonyl (C=O) groups excluding carboxylic acids is 1. The second-order valence-electron chi connectivity index (χ2n) is 4.99. The van der Waals surface area contributed by atoms with Crippen LogP contribution >= 0.6 is 34.9 Å². The fraction of sp³-hybridized carbons (Fsp3) is 0.250. The molecule has 2 rings (SSSR count). The number of hydrogen-bond donors (Lipinski definition) is 1. The maximum atomic E-state index is 12.3. The minimum Gasteiger partial charge on any atom is -0.324 e. The molecule has 5 nitrogen and oxygen atoms in total. The normalized spacial score (nSPS) is 11.5. The quantitative estimate of drug-likeness (QED) is 0.576. The number of rotatable bonds is 7. The molecule has 1 atom stereocenters. The summed E-state index contributed by atoms with van der Waals surface area (Å²) in [6.07, 6.45) is 0. The van der Waals surface area contributed by atoms with E-state index in [1.807, 2.05) is 6.92 Å². The topological polar surface area (TPSA) is 78.7 Å². The molecule has 0 aliphatic heterocycles. The Morgan fingerprint density at radius 2 is 2.12 bits per heavy atom. The Morgan fingerprint density at radius 3 is 2.83 bits per heavy atom. The fourth-order valence-corrected chi connectivity index (χ4v) is 4.62. The van der Waals surface area contributed by atoms with Crippen molar-refractivity contribution in [2.45, 2.75) is 27.8 Å². The summed E-state index contributed by atoms with van der Waals surface area (Å²) < 4.78 is 1.61. The van der Waals surface area contributed by atoms with Crippen molar-refractivity contribution < 1.29 is 4.79 Å². The number of nitriles is 1. The number of amides is 1. The highest BCUT2D eigenvalue weighted by Crippen LogP contribution is 2.32. The van der Waals surface area contributed by atoms with Gasteiger partial charge in [0.1, 0.15) is 6.07 Å². The van der Waals surface area contributed by atoms with Gasteiger partial charge >= 0.3 is 0 Å². The van der Waals surface area contributed by atoms with Crippen LogP contribution in [-0.4, -0.2) is 27.1 Å². The van der Waals surface area contributed by atoms with Crippen LogP contribution in [0.4, 0.5) is 5.69 Å². The summed E-state index contributed by atoms with van der Waals surface area (Å²) in [5.41, 5.74) is 2.04. The van der Waals surface area contributed by atoms with Crippen LogP contribution in [-0.2, 0) is 4.79 Å². The average Bonchev–Trinajstić information content (AvgIpc) is 3.00. The lowest BCUT2D eigenvalue weighted by molar-refractivity contribution is -0.115. The maximum absolute atomic E-state index is 12.3. The van der Waals surface area contributed by atoms with E-state index in [4.69, 9.17) is 5.26 Å². The van der Waals surface area contributed by atoms with Gasteiger partial charge in [0.05, 0.1) is 16.5 Å². The van der Waals surface area contributed by atoms with E-state index in [1.54, 1.807) is 43.0 Å². The number of benzene rings is 1. The van der Waals surface area contributed by atoms with Gasteiger partial charge in [0, 0.05) is 5.75 Å². The summed E-state index contributed by atoms with van der Waals surface area (Å²) in [4.78, 5) is 12.3. The Bertz CT molecular complexity index is 782. The third-order valence-corrected chi connectivity index (χ3v) is 6.25. The smallest absolute Gasteiger partial charge is 0.237 e. The van der Waals surface area contributed by atoms with Crippen molar-refractivity contribution in [1.82, 2.24) is 10.2 Å². The van der Waals surface area contributed by atoms with Crippen molar-refractivity contribution in [2.24, 2.45) is 0 Å². The van der Waals surface area contributed by atoms with E-state index in [2.05, 4.69) is 28.2 Å². The number of thioether (sulfide) groups is 2. The monoisotopic (exact) mass is 376 g/mol. The Morgan fingerprint density at radius 1 is 1.42 bits per heavy atom. The second-order valence-corrected chi connectivity index (χ2v) is 8.77. The molecule has 24 heavy (non-hydrogen) atoms. The fourth-order valence-electron chi connectivity index (χ4n) is 1.62. The highest BCUT2D eigenvalue weighted by atomic mass is 32.2. The van der Waals surface area contributed by atoms with Crippen molar-refractivity contribution in [3.8, 4) is 6.07 Å². The number of aromatic nitrogens is 2. The van der Waals surface area contributed by atoms with E-state index < -0.39 is 0 Å². The number of nitrogens with zero attached hydrogens (tertiary/aromatic N) is 3. The highest BCUT2D eigenvalue weighted by molar-refractivity contribution is 8.04. The van der Waals surface area contributed by atoms with Crippen LogP contribution in [0.5, 0.6) is 0 Å². The van der Waals surface area contributed by atoms with Gasteiger partial charge in [-0.05, 0) is 26.0 Å². The standard InChI is InChI=1S/C16H16N4OS3/c1-10(2)9-22-15-19-20-16(24-15)23-11(3)14(21)18-13-7-5-4-6-12(13)8-17/h4-7,11H,1,9H2,2-3H3,(H,18,21)/t11-/m1/s1. The van der Waals surface area contributed by atoms with Crippen LogP contribution in [0.3, 0.4) is 0 Å². The molecule has 0 unspecified atom stereocenters. The highest BCUT2D eigenvalue weighted by Gasteiger charge is 2.18. The van der Waals surface area contributed by atoms with Crippen molar-refractivity contribution in [3.63, 3.8) is 0 Å². The van der Waals surface area contributed by atoms with Gasteiger partial charge in [0.2, 0.25) is 5.91 Å². The average molecular weight is 377 g/mol. The Hall–Kier alpha value is -1.82. The summed E-state index contributed by atoms with van der Waals surface area (Å²) in [6.45, 7) is 7.63. The summed E-state index contributed by atoms with van der Waals surface area (Å²) in [5, 5.41) is 19.7. The number of para-hydroxylation sites is 1. The SMILES string of the molecule is C=C(C)CSc1nnc(S[C@H](C)C(=O)Nc2ccccc2C#N)s1. The third-order valence-electron chi connectivity index (χ3n) is 2.78. The van der Waals surface area contributed by atoms with Crippen LogP contribution < -0.4 is 5.32 Å². The summed E-state index contributed by atoms with van der Waals surface area (Å²) >= 11 is 4.41. The molecule has 0 bridgehead atoms. The maximum Gasteiger partial charge on any atom is 0.237 e. The van der Waals surface area contributed by atoms with Crippen LogP contribution in [0, 0.1) is 11.3 Å². The van der Waals surface area contributed by atoms with Crippen molar-refractivity contribution >= 4 is 46.5 Å². The first kappa shape index (κ1) is 18.5. The molecular formula is C16H16N4OS3. The molecule has 0 saturated heterocycles. The minimum absolute atomic E-state index is 0.172. The predicted molar refractivity (Wildman–Crippen MR) is 101 cm³/mol. The number of carbonyl (C=O) groups is 1. The molecule has 124 valence electrons. The van der Waals surface area contributed by atoms with Crippen LogP contribution in [0.15, 0.2) is 45.1 Å². The van der Waals surface area contributed by atoms with Crippen LogP contribution in [0.2, 0.25) is 0 Å². The number of hydrogen-bond acceptors (Lipinski definition) is 7. The zero-order chi connectivity index (χ0) is 17.5. The molecule has 1 N–H and O–H groups in total. The molecule has 1 amide bonds. The number of nitrogens with one attached hydrogen (secondary N) is 1. The summed E-state index contributed by atoms with van der Waals surface area (Å²) in [5.74, 6) is 0.634. The molecule has 0 spiro atoms. The predicted octanol–water partition coefficient (Wildman–Crippen LogP) is 4.20. The molecular weight excluding hydrogens is 360 g/mol. The van der Waals surface area contributed by atoms with E-state index in [-0.39, 0.29) is 11.2 Å². The molecule has 1 aromatic carbocycles. The third kappa shape index (κ3) is 5.37. The van der Waals surface area contributed by atoms with Crippen LogP contribution in [0.1, 0.15) is 19.4 Å². The van der Waals surface area contributed by atoms with Crippen molar-refractivity contribution in [1.29, 1.82) is 5.26 Å². The van der Waals surface area contributed by atoms with E-state index >= 15 is 0 Å². The van der Waals surface area contributed by atoms with Gasteiger partial charge < -0.3 is 5.32 Å². The molecule has 2 aromatic rings. The van der Waals surface area contributed by atoms with Gasteiger partial charge in [-0.15, -0.1) is 10.2 Å². The lowest BCUT2D eigenvalue weighted by Gasteiger charge is -2.11. The molecule has 0 saturated carbocycles. The van der Waals surface area contributed by atoms with Gasteiger partial charge in [0.15, 0.2) is 8.68 Å². The molecule has 0 radical (unpaired) electrons. The first-order valence-electron chi connectivity index (χ1n) is 7.07. The van der Waals surface area contributed by atoms with Gasteiger partial charge in [-0.3, -0.25) is 4.79 Å². The first-order valence-corrected chi connectivity index (χ1v) is 9.75. The van der Waals surface area contributed by atoms with Gasteiger partial charge in [-0.1, -0.05) is 59.1 Å². The molecule has 0 aliphatic rings. The van der Waals surface area contributed by atoms with E-state index in [1.165, 1.54) is 23.1 Å². The summed E-state index contributed by atoms with van der Waals surface area (Å²) in [7, 11) is 0. The van der Waals surface area contributed by atoms with Gasteiger partial charge in [0.25, 0.3) is 0 Å². The van der Waals surface area contributed by atoms with Gasteiger partial charge in [-0.2, -0.15) is 5.26 Å². The van der Waals surface area contributed by atoms with Gasteiger partial charge in [-0.25, -0.2) is 0 Å². The first-order chi connectivity index (χ1) is 11.5. The largest absolute Gasteiger partial charge is 0.324 e. The van der Waals surface area contributed by atoms with E-state index in [0.717, 1.165) is 20.0 Å². The van der Waals surface area contributed by atoms with Crippen molar-refractivity contribution in [3.05, 3.63) is 42.0 Å². The summed E-state index contributed by atoms with van der Waals surface area (Å²) in [6, 6.07) is 8.99. The van der Waals surface area contributed by atoms with Crippen molar-refractivity contribution in [2.75, 3.05) is 11.1 Å². The Kier molecular flexibility index (Phi) is 6.85. The lowest BCUT2D eigenvalue weighted by atomic mass is 10.2. The lowest BCUT2D eigenvalue weighted by Crippen LogP contribution is -2.22.